The molecule has 0 saturated heterocycles. The summed E-state index contributed by atoms with van der Waals surface area (Å²) in [5, 5.41) is 8.61. The van der Waals surface area contributed by atoms with Gasteiger partial charge in [-0.2, -0.15) is 5.26 Å². The molecule has 3 nitrogen and oxygen atoms in total. The second-order valence-corrected chi connectivity index (χ2v) is 4.53. The highest BCUT2D eigenvalue weighted by Gasteiger charge is 2.13. The Morgan fingerprint density at radius 2 is 1.95 bits per heavy atom. The monoisotopic (exact) mass is 270 g/mol. The summed E-state index contributed by atoms with van der Waals surface area (Å²) in [6.45, 7) is 1.78. The van der Waals surface area contributed by atoms with Crippen LogP contribution in [0.25, 0.3) is 0 Å². The molecule has 2 N–H and O–H groups in total. The number of rotatable bonds is 4. The molecule has 0 aliphatic carbocycles. The molecule has 2 aromatic rings. The minimum Gasteiger partial charge on any atom is -0.454 e. The van der Waals surface area contributed by atoms with Gasteiger partial charge in [0.15, 0.2) is 11.6 Å². The number of ether oxygens (including phenoxy) is 1. The number of nitrogens with zero attached hydrogens (tertiary/aromatic N) is 1. The SMILES string of the molecule is C[C@H](N)c1cccc(F)c1Oc1ccc(CC#N)cc1. The predicted molar refractivity (Wildman–Crippen MR) is 74.8 cm³/mol. The van der Waals surface area contributed by atoms with Gasteiger partial charge < -0.3 is 10.5 Å². The molecule has 1 atom stereocenters. The van der Waals surface area contributed by atoms with Crippen molar-refractivity contribution in [3.8, 4) is 17.6 Å². The van der Waals surface area contributed by atoms with Crippen molar-refractivity contribution in [2.75, 3.05) is 0 Å². The molecule has 0 bridgehead atoms. The third kappa shape index (κ3) is 3.14. The van der Waals surface area contributed by atoms with Crippen LogP contribution in [-0.2, 0) is 6.42 Å². The molecule has 0 unspecified atom stereocenters. The van der Waals surface area contributed by atoms with E-state index in [9.17, 15) is 4.39 Å². The minimum atomic E-state index is -0.444. The third-order valence-electron chi connectivity index (χ3n) is 2.91. The maximum atomic E-state index is 13.9. The Hall–Kier alpha value is -2.38. The van der Waals surface area contributed by atoms with Crippen molar-refractivity contribution in [2.24, 2.45) is 5.73 Å². The van der Waals surface area contributed by atoms with E-state index >= 15 is 0 Å². The van der Waals surface area contributed by atoms with Crippen molar-refractivity contribution < 1.29 is 9.13 Å². The normalized spacial score (nSPS) is 11.7. The molecule has 0 spiro atoms. The van der Waals surface area contributed by atoms with Gasteiger partial charge in [-0.15, -0.1) is 0 Å². The van der Waals surface area contributed by atoms with Gasteiger partial charge >= 0.3 is 0 Å². The summed E-state index contributed by atoms with van der Waals surface area (Å²) in [4.78, 5) is 0. The van der Waals surface area contributed by atoms with E-state index in [1.165, 1.54) is 6.07 Å². The van der Waals surface area contributed by atoms with Crippen LogP contribution in [0.2, 0.25) is 0 Å². The molecule has 0 heterocycles. The fourth-order valence-corrected chi connectivity index (χ4v) is 1.88. The molecule has 2 rings (SSSR count). The van der Waals surface area contributed by atoms with E-state index in [4.69, 9.17) is 15.7 Å². The summed E-state index contributed by atoms with van der Waals surface area (Å²) in [5.41, 5.74) is 7.32. The van der Waals surface area contributed by atoms with E-state index in [1.807, 2.05) is 0 Å². The lowest BCUT2D eigenvalue weighted by Gasteiger charge is -2.14. The number of nitriles is 1. The number of halogens is 1. The topological polar surface area (TPSA) is 59.0 Å². The van der Waals surface area contributed by atoms with Crippen LogP contribution in [0.4, 0.5) is 4.39 Å². The van der Waals surface area contributed by atoms with Crippen LogP contribution in [-0.4, -0.2) is 0 Å². The lowest BCUT2D eigenvalue weighted by atomic mass is 10.1. The fourth-order valence-electron chi connectivity index (χ4n) is 1.88. The van der Waals surface area contributed by atoms with Gasteiger partial charge in [0.1, 0.15) is 5.75 Å². The van der Waals surface area contributed by atoms with Crippen molar-refractivity contribution >= 4 is 0 Å². The zero-order chi connectivity index (χ0) is 14.5. The molecule has 20 heavy (non-hydrogen) atoms. The second-order valence-electron chi connectivity index (χ2n) is 4.53. The summed E-state index contributed by atoms with van der Waals surface area (Å²) >= 11 is 0. The largest absolute Gasteiger partial charge is 0.454 e. The number of hydrogen-bond acceptors (Lipinski definition) is 3. The number of nitrogens with two attached hydrogens (primary N) is 1. The zero-order valence-electron chi connectivity index (χ0n) is 11.1. The van der Waals surface area contributed by atoms with Crippen LogP contribution in [0, 0.1) is 17.1 Å². The van der Waals surface area contributed by atoms with Gasteiger partial charge in [0.2, 0.25) is 0 Å². The summed E-state index contributed by atoms with van der Waals surface area (Å²) in [6, 6.07) is 13.4. The summed E-state index contributed by atoms with van der Waals surface area (Å²) in [7, 11) is 0. The molecule has 0 saturated carbocycles. The van der Waals surface area contributed by atoms with Gasteiger partial charge in [-0.1, -0.05) is 24.3 Å². The molecular formula is C16H15FN2O. The Balaban J connectivity index is 2.28. The average molecular weight is 270 g/mol. The molecule has 0 aliphatic rings. The van der Waals surface area contributed by atoms with Gasteiger partial charge in [-0.3, -0.25) is 0 Å². The van der Waals surface area contributed by atoms with Gasteiger partial charge in [0, 0.05) is 11.6 Å². The highest BCUT2D eigenvalue weighted by molar-refractivity contribution is 5.41. The fraction of sp³-hybridized carbons (Fsp3) is 0.188. The van der Waals surface area contributed by atoms with Gasteiger partial charge in [0.25, 0.3) is 0 Å². The minimum absolute atomic E-state index is 0.149. The lowest BCUT2D eigenvalue weighted by Crippen LogP contribution is -2.07. The molecule has 0 aromatic heterocycles. The van der Waals surface area contributed by atoms with Crippen LogP contribution < -0.4 is 10.5 Å². The first-order valence-electron chi connectivity index (χ1n) is 6.29. The van der Waals surface area contributed by atoms with Gasteiger partial charge in [-0.05, 0) is 30.7 Å². The molecule has 0 radical (unpaired) electrons. The number of hydrogen-bond donors (Lipinski definition) is 1. The molecule has 0 aliphatic heterocycles. The Kier molecular flexibility index (Phi) is 4.34. The van der Waals surface area contributed by atoms with Crippen molar-refractivity contribution in [3.63, 3.8) is 0 Å². The number of benzene rings is 2. The highest BCUT2D eigenvalue weighted by Crippen LogP contribution is 2.31. The Bertz CT molecular complexity index is 630. The molecule has 102 valence electrons. The van der Waals surface area contributed by atoms with Crippen LogP contribution >= 0.6 is 0 Å². The van der Waals surface area contributed by atoms with Crippen LogP contribution in [0.15, 0.2) is 42.5 Å². The van der Waals surface area contributed by atoms with Crippen molar-refractivity contribution in [1.29, 1.82) is 5.26 Å². The molecular weight excluding hydrogens is 255 g/mol. The Morgan fingerprint density at radius 3 is 2.55 bits per heavy atom. The van der Waals surface area contributed by atoms with Crippen molar-refractivity contribution in [2.45, 2.75) is 19.4 Å². The van der Waals surface area contributed by atoms with Crippen molar-refractivity contribution in [3.05, 3.63) is 59.4 Å². The molecule has 2 aromatic carbocycles. The summed E-state index contributed by atoms with van der Waals surface area (Å²) in [5.74, 6) is 0.218. The molecule has 0 amide bonds. The third-order valence-corrected chi connectivity index (χ3v) is 2.91. The van der Waals surface area contributed by atoms with E-state index in [2.05, 4.69) is 6.07 Å². The summed E-state index contributed by atoms with van der Waals surface area (Å²) in [6.07, 6.45) is 0.338. The summed E-state index contributed by atoms with van der Waals surface area (Å²) < 4.78 is 19.5. The van der Waals surface area contributed by atoms with Crippen molar-refractivity contribution in [1.82, 2.24) is 0 Å². The van der Waals surface area contributed by atoms with E-state index in [1.54, 1.807) is 43.3 Å². The van der Waals surface area contributed by atoms with Gasteiger partial charge in [0.05, 0.1) is 12.5 Å². The first-order chi connectivity index (χ1) is 9.61. The van der Waals surface area contributed by atoms with Gasteiger partial charge in [-0.25, -0.2) is 4.39 Å². The highest BCUT2D eigenvalue weighted by atomic mass is 19.1. The maximum absolute atomic E-state index is 13.9. The van der Waals surface area contributed by atoms with E-state index in [0.29, 0.717) is 17.7 Å². The maximum Gasteiger partial charge on any atom is 0.167 e. The van der Waals surface area contributed by atoms with Crippen LogP contribution in [0.3, 0.4) is 0 Å². The Morgan fingerprint density at radius 1 is 1.25 bits per heavy atom. The first-order valence-corrected chi connectivity index (χ1v) is 6.29. The quantitative estimate of drug-likeness (QED) is 0.921. The molecule has 4 heteroatoms. The van der Waals surface area contributed by atoms with Crippen LogP contribution in [0.1, 0.15) is 24.1 Å². The van der Waals surface area contributed by atoms with E-state index in [0.717, 1.165) is 5.56 Å². The smallest absolute Gasteiger partial charge is 0.167 e. The first kappa shape index (κ1) is 14.0. The lowest BCUT2D eigenvalue weighted by molar-refractivity contribution is 0.432. The molecule has 0 fully saturated rings. The van der Waals surface area contributed by atoms with Crippen LogP contribution in [0.5, 0.6) is 11.5 Å². The van der Waals surface area contributed by atoms with E-state index < -0.39 is 5.82 Å². The predicted octanol–water partition coefficient (Wildman–Crippen LogP) is 3.70. The number of para-hydroxylation sites is 1. The van der Waals surface area contributed by atoms with E-state index in [-0.39, 0.29) is 11.8 Å². The Labute approximate surface area is 117 Å². The standard InChI is InChI=1S/C16H15FN2O/c1-11(19)14-3-2-4-15(17)16(14)20-13-7-5-12(6-8-13)9-10-18/h2-8,11H,9,19H2,1H3/t11-/m0/s1. The second kappa shape index (κ2) is 6.18. The average Bonchev–Trinajstić information content (AvgIpc) is 2.43. The zero-order valence-corrected chi connectivity index (χ0v) is 11.1.